The number of amides is 2. The molecular formula is C30H38N4O4S. The maximum atomic E-state index is 14.4. The Morgan fingerprint density at radius 3 is 2.28 bits per heavy atom. The molecule has 2 heterocycles. The Kier molecular flexibility index (Phi) is 8.71. The highest BCUT2D eigenvalue weighted by Gasteiger charge is 2.57. The van der Waals surface area contributed by atoms with Gasteiger partial charge in [0.2, 0.25) is 5.91 Å². The molecule has 1 aliphatic rings. The van der Waals surface area contributed by atoms with Gasteiger partial charge in [-0.2, -0.15) is 5.26 Å². The smallest absolute Gasteiger partial charge is 0.336 e. The number of nitrogens with one attached hydrogen (secondary N) is 1. The summed E-state index contributed by atoms with van der Waals surface area (Å²) in [4.78, 5) is 47.8. The number of hydrogen-bond acceptors (Lipinski definition) is 7. The van der Waals surface area contributed by atoms with Crippen LogP contribution in [0.25, 0.3) is 0 Å². The molecule has 0 saturated heterocycles. The normalized spacial score (nSPS) is 19.4. The van der Waals surface area contributed by atoms with Gasteiger partial charge in [0, 0.05) is 22.7 Å². The fourth-order valence-corrected chi connectivity index (χ4v) is 5.48. The molecule has 208 valence electrons. The van der Waals surface area contributed by atoms with Crippen molar-refractivity contribution in [3.05, 3.63) is 63.6 Å². The van der Waals surface area contributed by atoms with Crippen LogP contribution < -0.4 is 5.32 Å². The molecule has 1 aromatic heterocycles. The van der Waals surface area contributed by atoms with E-state index in [-0.39, 0.29) is 29.9 Å². The van der Waals surface area contributed by atoms with Crippen molar-refractivity contribution in [1.82, 2.24) is 15.2 Å². The number of ether oxygens (including phenoxy) is 1. The third-order valence-electron chi connectivity index (χ3n) is 6.34. The minimum Gasteiger partial charge on any atom is -0.458 e. The van der Waals surface area contributed by atoms with Crippen LogP contribution in [0.3, 0.4) is 0 Å². The highest BCUT2D eigenvalue weighted by atomic mass is 32.1. The Bertz CT molecular complexity index is 1280. The summed E-state index contributed by atoms with van der Waals surface area (Å²) < 4.78 is 5.90. The second kappa shape index (κ2) is 11.3. The molecule has 0 saturated carbocycles. The third-order valence-corrected chi connectivity index (χ3v) is 7.17. The molecule has 2 atom stereocenters. The van der Waals surface area contributed by atoms with Crippen LogP contribution in [0.5, 0.6) is 0 Å². The average Bonchev–Trinajstić information content (AvgIpc) is 3.47. The predicted octanol–water partition coefficient (Wildman–Crippen LogP) is 5.33. The Morgan fingerprint density at radius 1 is 1.15 bits per heavy atom. The number of carbonyl (C=O) groups excluding carboxylic acids is 3. The molecule has 0 bridgehead atoms. The van der Waals surface area contributed by atoms with E-state index < -0.39 is 35.0 Å². The summed E-state index contributed by atoms with van der Waals surface area (Å²) in [5, 5.41) is 13.9. The summed E-state index contributed by atoms with van der Waals surface area (Å²) in [6.07, 6.45) is 3.38. The third kappa shape index (κ3) is 6.56. The average molecular weight is 551 g/mol. The van der Waals surface area contributed by atoms with Crippen LogP contribution >= 0.6 is 11.3 Å². The van der Waals surface area contributed by atoms with E-state index in [9.17, 15) is 14.4 Å². The van der Waals surface area contributed by atoms with Crippen LogP contribution in [-0.4, -0.2) is 45.4 Å². The van der Waals surface area contributed by atoms with Crippen molar-refractivity contribution in [1.29, 1.82) is 5.26 Å². The molecule has 0 aliphatic carbocycles. The number of nitriles is 1. The van der Waals surface area contributed by atoms with Crippen LogP contribution in [0.4, 0.5) is 0 Å². The topological polar surface area (TPSA) is 112 Å². The van der Waals surface area contributed by atoms with Crippen LogP contribution in [0.2, 0.25) is 0 Å². The van der Waals surface area contributed by atoms with Gasteiger partial charge in [-0.3, -0.25) is 9.59 Å². The Hall–Kier alpha value is -3.51. The van der Waals surface area contributed by atoms with Gasteiger partial charge >= 0.3 is 5.97 Å². The summed E-state index contributed by atoms with van der Waals surface area (Å²) in [6.45, 7) is 15.3. The van der Waals surface area contributed by atoms with Gasteiger partial charge in [-0.15, -0.1) is 11.3 Å². The lowest BCUT2D eigenvalue weighted by molar-refractivity contribution is -0.166. The number of aromatic nitrogens is 1. The second-order valence-electron chi connectivity index (χ2n) is 12.2. The van der Waals surface area contributed by atoms with E-state index in [1.165, 1.54) is 16.2 Å². The summed E-state index contributed by atoms with van der Waals surface area (Å²) in [5.41, 5.74) is -0.881. The number of carbonyl (C=O) groups is 3. The molecular weight excluding hydrogens is 512 g/mol. The van der Waals surface area contributed by atoms with Crippen molar-refractivity contribution in [2.75, 3.05) is 6.54 Å². The number of esters is 1. The zero-order chi connectivity index (χ0) is 29.2. The van der Waals surface area contributed by atoms with E-state index in [0.29, 0.717) is 10.6 Å². The minimum absolute atomic E-state index is 0.0363. The number of hydrogen-bond donors (Lipinski definition) is 1. The van der Waals surface area contributed by atoms with Gasteiger partial charge in [0.1, 0.15) is 23.2 Å². The van der Waals surface area contributed by atoms with Crippen LogP contribution in [0, 0.1) is 17.2 Å². The largest absolute Gasteiger partial charge is 0.458 e. The summed E-state index contributed by atoms with van der Waals surface area (Å²) in [6, 6.07) is 8.30. The van der Waals surface area contributed by atoms with Crippen LogP contribution in [-0.2, 0) is 19.7 Å². The lowest BCUT2D eigenvalue weighted by Gasteiger charge is -2.41. The molecule has 2 amide bonds. The summed E-state index contributed by atoms with van der Waals surface area (Å²) in [7, 11) is 0. The zero-order valence-electron chi connectivity index (χ0n) is 24.0. The van der Waals surface area contributed by atoms with Gasteiger partial charge in [-0.25, -0.2) is 9.78 Å². The fraction of sp³-hybridized carbons (Fsp3) is 0.500. The van der Waals surface area contributed by atoms with E-state index in [1.54, 1.807) is 50.6 Å². The Labute approximate surface area is 235 Å². The van der Waals surface area contributed by atoms with Crippen molar-refractivity contribution < 1.29 is 19.1 Å². The number of benzene rings is 1. The van der Waals surface area contributed by atoms with Gasteiger partial charge < -0.3 is 15.0 Å². The van der Waals surface area contributed by atoms with Crippen molar-refractivity contribution in [2.24, 2.45) is 5.92 Å². The van der Waals surface area contributed by atoms with Gasteiger partial charge in [0.15, 0.2) is 5.54 Å². The van der Waals surface area contributed by atoms with Crippen molar-refractivity contribution >= 4 is 29.1 Å². The van der Waals surface area contributed by atoms with E-state index in [4.69, 9.17) is 10.00 Å². The van der Waals surface area contributed by atoms with Crippen molar-refractivity contribution in [3.8, 4) is 6.07 Å². The molecule has 2 aromatic rings. The van der Waals surface area contributed by atoms with E-state index in [1.807, 2.05) is 32.0 Å². The molecule has 3 rings (SSSR count). The Balaban J connectivity index is 2.28. The standard InChI is InChI=1S/C30H38N4O4S/c1-19(2)17-30(27(37)38-29(6,7)8)18-22(24(35)32-14-13-31)23(25-33-15-16-39-25)34(30)26(36)20-9-11-21(12-10-20)28(3,4)5/h9-12,15-16,18-19,23H,14,17H2,1-8H3,(H,32,35)/t23-,30+/m1/s1. The maximum Gasteiger partial charge on any atom is 0.336 e. The highest BCUT2D eigenvalue weighted by Crippen LogP contribution is 2.47. The lowest BCUT2D eigenvalue weighted by Crippen LogP contribution is -2.56. The molecule has 9 heteroatoms. The van der Waals surface area contributed by atoms with Gasteiger partial charge in [0.05, 0.1) is 6.07 Å². The molecule has 39 heavy (non-hydrogen) atoms. The van der Waals surface area contributed by atoms with Crippen molar-refractivity contribution in [2.45, 2.75) is 84.4 Å². The van der Waals surface area contributed by atoms with E-state index in [0.717, 1.165) is 5.56 Å². The molecule has 1 N–H and O–H groups in total. The predicted molar refractivity (Wildman–Crippen MR) is 151 cm³/mol. The molecule has 0 spiro atoms. The molecule has 0 unspecified atom stereocenters. The van der Waals surface area contributed by atoms with Gasteiger partial charge in [-0.1, -0.05) is 46.8 Å². The van der Waals surface area contributed by atoms with Gasteiger partial charge in [-0.05, 0) is 62.3 Å². The lowest BCUT2D eigenvalue weighted by atomic mass is 9.85. The van der Waals surface area contributed by atoms with E-state index >= 15 is 0 Å². The summed E-state index contributed by atoms with van der Waals surface area (Å²) >= 11 is 1.29. The Morgan fingerprint density at radius 2 is 1.79 bits per heavy atom. The maximum absolute atomic E-state index is 14.4. The zero-order valence-corrected chi connectivity index (χ0v) is 24.8. The van der Waals surface area contributed by atoms with Gasteiger partial charge in [0.25, 0.3) is 5.91 Å². The minimum atomic E-state index is -1.57. The first-order valence-corrected chi connectivity index (χ1v) is 13.9. The van der Waals surface area contributed by atoms with Crippen LogP contribution in [0.15, 0.2) is 47.5 Å². The first kappa shape index (κ1) is 30.0. The molecule has 0 radical (unpaired) electrons. The second-order valence-corrected chi connectivity index (χ2v) is 13.2. The monoisotopic (exact) mass is 550 g/mol. The van der Waals surface area contributed by atoms with E-state index in [2.05, 4.69) is 31.1 Å². The molecule has 1 aliphatic heterocycles. The first-order valence-electron chi connectivity index (χ1n) is 13.1. The molecule has 1 aromatic carbocycles. The quantitative estimate of drug-likeness (QED) is 0.368. The number of nitrogens with zero attached hydrogens (tertiary/aromatic N) is 3. The SMILES string of the molecule is CC(C)C[C@@]1(C(=O)OC(C)(C)C)C=C(C(=O)NCC#N)[C@H](c2nccs2)N1C(=O)c1ccc(C(C)(C)C)cc1. The van der Waals surface area contributed by atoms with Crippen LogP contribution in [0.1, 0.15) is 88.8 Å². The highest BCUT2D eigenvalue weighted by molar-refractivity contribution is 7.09. The molecule has 8 nitrogen and oxygen atoms in total. The number of rotatable bonds is 7. The fourth-order valence-electron chi connectivity index (χ4n) is 4.74. The summed E-state index contributed by atoms with van der Waals surface area (Å²) in [5.74, 6) is -1.60. The van der Waals surface area contributed by atoms with Crippen molar-refractivity contribution in [3.63, 3.8) is 0 Å². The number of thiazole rings is 1. The molecule has 0 fully saturated rings. The first-order chi connectivity index (χ1) is 18.1.